The summed E-state index contributed by atoms with van der Waals surface area (Å²) in [6, 6.07) is 0.885. The molecule has 1 aliphatic heterocycles. The summed E-state index contributed by atoms with van der Waals surface area (Å²) in [5, 5.41) is 3.16. The minimum atomic E-state index is -0.307. The molecule has 1 unspecified atom stereocenters. The van der Waals surface area contributed by atoms with Gasteiger partial charge in [0.15, 0.2) is 0 Å². The van der Waals surface area contributed by atoms with Gasteiger partial charge in [-0.3, -0.25) is 0 Å². The Morgan fingerprint density at radius 2 is 2.31 bits per heavy atom. The van der Waals surface area contributed by atoms with E-state index in [4.69, 9.17) is 0 Å². The molecule has 90 valence electrons. The van der Waals surface area contributed by atoms with Crippen molar-refractivity contribution in [1.29, 1.82) is 0 Å². The van der Waals surface area contributed by atoms with Crippen LogP contribution in [0, 0.1) is 5.92 Å². The molecule has 4 nitrogen and oxygen atoms in total. The standard InChI is InChI=1S/C12H20N2O2/c1-16-12(15)4-6-13-8-10-5-7-14(9-10)11-2-3-11/h4,6,10-11,13H,2-3,5,7-9H2,1H3/b6-4+. The molecule has 4 heteroatoms. The van der Waals surface area contributed by atoms with Crippen molar-refractivity contribution >= 4 is 5.97 Å². The summed E-state index contributed by atoms with van der Waals surface area (Å²) in [6.45, 7) is 3.41. The van der Waals surface area contributed by atoms with E-state index in [2.05, 4.69) is 15.0 Å². The van der Waals surface area contributed by atoms with Crippen LogP contribution in [-0.4, -0.2) is 43.7 Å². The Balaban J connectivity index is 1.60. The van der Waals surface area contributed by atoms with Crippen LogP contribution in [0.2, 0.25) is 0 Å². The quantitative estimate of drug-likeness (QED) is 0.552. The van der Waals surface area contributed by atoms with Gasteiger partial charge in [-0.25, -0.2) is 4.79 Å². The maximum absolute atomic E-state index is 10.8. The van der Waals surface area contributed by atoms with Crippen LogP contribution in [0.15, 0.2) is 12.3 Å². The van der Waals surface area contributed by atoms with Crippen LogP contribution in [0.4, 0.5) is 0 Å². The van der Waals surface area contributed by atoms with Gasteiger partial charge in [-0.2, -0.15) is 0 Å². The van der Waals surface area contributed by atoms with Crippen molar-refractivity contribution in [3.05, 3.63) is 12.3 Å². The summed E-state index contributed by atoms with van der Waals surface area (Å²) < 4.78 is 4.51. The first kappa shape index (κ1) is 11.5. The van der Waals surface area contributed by atoms with Gasteiger partial charge in [-0.05, 0) is 31.7 Å². The summed E-state index contributed by atoms with van der Waals surface area (Å²) in [5.41, 5.74) is 0. The number of hydrogen-bond donors (Lipinski definition) is 1. The second-order valence-electron chi connectivity index (χ2n) is 4.65. The molecular formula is C12H20N2O2. The van der Waals surface area contributed by atoms with Gasteiger partial charge >= 0.3 is 5.97 Å². The van der Waals surface area contributed by atoms with Crippen molar-refractivity contribution in [3.63, 3.8) is 0 Å². The Bertz CT molecular complexity index is 274. The second kappa shape index (κ2) is 5.34. The van der Waals surface area contributed by atoms with Crippen molar-refractivity contribution in [3.8, 4) is 0 Å². The van der Waals surface area contributed by atoms with Crippen molar-refractivity contribution in [2.45, 2.75) is 25.3 Å². The first-order valence-corrected chi connectivity index (χ1v) is 6.01. The van der Waals surface area contributed by atoms with Gasteiger partial charge in [0.2, 0.25) is 0 Å². The summed E-state index contributed by atoms with van der Waals surface area (Å²) in [6.07, 6.45) is 7.17. The largest absolute Gasteiger partial charge is 0.466 e. The molecule has 16 heavy (non-hydrogen) atoms. The number of ether oxygens (including phenoxy) is 1. The van der Waals surface area contributed by atoms with Crippen molar-refractivity contribution in [2.75, 3.05) is 26.7 Å². The molecule has 0 bridgehead atoms. The molecule has 0 aromatic rings. The molecule has 1 N–H and O–H groups in total. The van der Waals surface area contributed by atoms with E-state index < -0.39 is 0 Å². The lowest BCUT2D eigenvalue weighted by Crippen LogP contribution is -2.25. The van der Waals surface area contributed by atoms with E-state index >= 15 is 0 Å². The van der Waals surface area contributed by atoms with Crippen LogP contribution >= 0.6 is 0 Å². The van der Waals surface area contributed by atoms with Gasteiger partial charge in [-0.15, -0.1) is 0 Å². The van der Waals surface area contributed by atoms with Crippen LogP contribution in [-0.2, 0) is 9.53 Å². The minimum Gasteiger partial charge on any atom is -0.466 e. The Hall–Kier alpha value is -1.03. The number of carbonyl (C=O) groups excluding carboxylic acids is 1. The predicted molar refractivity (Wildman–Crippen MR) is 61.9 cm³/mol. The SMILES string of the molecule is COC(=O)/C=C/NCC1CCN(C2CC2)C1. The maximum atomic E-state index is 10.8. The molecule has 0 spiro atoms. The lowest BCUT2D eigenvalue weighted by Gasteiger charge is -2.14. The highest BCUT2D eigenvalue weighted by Gasteiger charge is 2.33. The molecule has 0 aromatic heterocycles. The average molecular weight is 224 g/mol. The zero-order chi connectivity index (χ0) is 11.4. The molecule has 0 aromatic carbocycles. The van der Waals surface area contributed by atoms with Gasteiger partial charge in [-0.1, -0.05) is 0 Å². The second-order valence-corrected chi connectivity index (χ2v) is 4.65. The smallest absolute Gasteiger partial charge is 0.331 e. The molecule has 0 amide bonds. The molecular weight excluding hydrogens is 204 g/mol. The number of esters is 1. The topological polar surface area (TPSA) is 41.6 Å². The van der Waals surface area contributed by atoms with E-state index in [1.54, 1.807) is 6.20 Å². The Kier molecular flexibility index (Phi) is 3.83. The minimum absolute atomic E-state index is 0.307. The maximum Gasteiger partial charge on any atom is 0.331 e. The molecule has 1 saturated heterocycles. The third kappa shape index (κ3) is 3.23. The van der Waals surface area contributed by atoms with E-state index in [1.165, 1.54) is 45.5 Å². The summed E-state index contributed by atoms with van der Waals surface area (Å²) in [4.78, 5) is 13.4. The van der Waals surface area contributed by atoms with Crippen LogP contribution in [0.25, 0.3) is 0 Å². The van der Waals surface area contributed by atoms with Crippen molar-refractivity contribution < 1.29 is 9.53 Å². The van der Waals surface area contributed by atoms with Gasteiger partial charge in [0, 0.05) is 31.4 Å². The molecule has 1 heterocycles. The summed E-state index contributed by atoms with van der Waals surface area (Å²) in [5.74, 6) is 0.418. The van der Waals surface area contributed by atoms with Crippen molar-refractivity contribution in [2.24, 2.45) is 5.92 Å². The van der Waals surface area contributed by atoms with E-state index in [0.29, 0.717) is 0 Å². The Morgan fingerprint density at radius 1 is 1.50 bits per heavy atom. The normalized spacial score (nSPS) is 26.2. The fourth-order valence-corrected chi connectivity index (χ4v) is 2.23. The van der Waals surface area contributed by atoms with E-state index in [9.17, 15) is 4.79 Å². The first-order chi connectivity index (χ1) is 7.79. The lowest BCUT2D eigenvalue weighted by molar-refractivity contribution is -0.134. The monoisotopic (exact) mass is 224 g/mol. The van der Waals surface area contributed by atoms with Crippen LogP contribution in [0.1, 0.15) is 19.3 Å². The number of methoxy groups -OCH3 is 1. The number of nitrogens with zero attached hydrogens (tertiary/aromatic N) is 1. The molecule has 1 atom stereocenters. The van der Waals surface area contributed by atoms with E-state index in [1.807, 2.05) is 0 Å². The third-order valence-electron chi connectivity index (χ3n) is 3.33. The average Bonchev–Trinajstić information content (AvgIpc) is 3.05. The fraction of sp³-hybridized carbons (Fsp3) is 0.750. The highest BCUT2D eigenvalue weighted by atomic mass is 16.5. The molecule has 0 radical (unpaired) electrons. The number of nitrogens with one attached hydrogen (secondary N) is 1. The Labute approximate surface area is 96.6 Å². The Morgan fingerprint density at radius 3 is 3.00 bits per heavy atom. The van der Waals surface area contributed by atoms with Gasteiger partial charge in [0.25, 0.3) is 0 Å². The first-order valence-electron chi connectivity index (χ1n) is 6.01. The number of rotatable bonds is 5. The van der Waals surface area contributed by atoms with E-state index in [-0.39, 0.29) is 5.97 Å². The fourth-order valence-electron chi connectivity index (χ4n) is 2.23. The van der Waals surface area contributed by atoms with Crippen LogP contribution in [0.5, 0.6) is 0 Å². The number of hydrogen-bond acceptors (Lipinski definition) is 4. The van der Waals surface area contributed by atoms with Gasteiger partial charge < -0.3 is 15.0 Å². The highest BCUT2D eigenvalue weighted by Crippen LogP contribution is 2.31. The lowest BCUT2D eigenvalue weighted by atomic mass is 10.1. The van der Waals surface area contributed by atoms with Crippen LogP contribution < -0.4 is 5.32 Å². The third-order valence-corrected chi connectivity index (χ3v) is 3.33. The molecule has 2 fully saturated rings. The molecule has 2 rings (SSSR count). The molecule has 1 aliphatic carbocycles. The molecule has 2 aliphatic rings. The van der Waals surface area contributed by atoms with Gasteiger partial charge in [0.1, 0.15) is 0 Å². The van der Waals surface area contributed by atoms with Crippen LogP contribution in [0.3, 0.4) is 0 Å². The number of carbonyl (C=O) groups is 1. The van der Waals surface area contributed by atoms with Gasteiger partial charge in [0.05, 0.1) is 7.11 Å². The van der Waals surface area contributed by atoms with Crippen molar-refractivity contribution in [1.82, 2.24) is 10.2 Å². The highest BCUT2D eigenvalue weighted by molar-refractivity contribution is 5.81. The summed E-state index contributed by atoms with van der Waals surface area (Å²) >= 11 is 0. The molecule has 1 saturated carbocycles. The predicted octanol–water partition coefficient (Wildman–Crippen LogP) is 0.747. The number of likely N-dealkylation sites (tertiary alicyclic amines) is 1. The van der Waals surface area contributed by atoms with E-state index in [0.717, 1.165) is 18.5 Å². The zero-order valence-corrected chi connectivity index (χ0v) is 9.82. The zero-order valence-electron chi connectivity index (χ0n) is 9.82. The summed E-state index contributed by atoms with van der Waals surface area (Å²) in [7, 11) is 1.39.